The first-order valence-electron chi connectivity index (χ1n) is 7.48. The van der Waals surface area contributed by atoms with E-state index in [-0.39, 0.29) is 22.0 Å². The van der Waals surface area contributed by atoms with Crippen LogP contribution >= 0.6 is 0 Å². The van der Waals surface area contributed by atoms with Gasteiger partial charge in [0.2, 0.25) is 0 Å². The molecule has 0 bridgehead atoms. The number of ether oxygens (including phenoxy) is 1. The summed E-state index contributed by atoms with van der Waals surface area (Å²) in [6.07, 6.45) is 6.07. The fourth-order valence-corrected chi connectivity index (χ4v) is 2.79. The highest BCUT2D eigenvalue weighted by Gasteiger charge is 2.27. The van der Waals surface area contributed by atoms with Crippen LogP contribution in [-0.4, -0.2) is 34.0 Å². The molecule has 0 saturated heterocycles. The highest BCUT2D eigenvalue weighted by molar-refractivity contribution is 8.02. The van der Waals surface area contributed by atoms with Crippen LogP contribution in [0.15, 0.2) is 0 Å². The van der Waals surface area contributed by atoms with E-state index >= 15 is 0 Å². The van der Waals surface area contributed by atoms with Crippen LogP contribution in [-0.2, 0) is 19.5 Å². The second-order valence-corrected chi connectivity index (χ2v) is 12.0. The number of hydrogen-bond donors (Lipinski definition) is 1. The number of carbonyl (C=O) groups is 1. The van der Waals surface area contributed by atoms with Crippen LogP contribution in [0.4, 0.5) is 0 Å². The van der Waals surface area contributed by atoms with E-state index in [4.69, 9.17) is 4.74 Å². The van der Waals surface area contributed by atoms with Crippen molar-refractivity contribution in [1.29, 1.82) is 0 Å². The van der Waals surface area contributed by atoms with Crippen molar-refractivity contribution in [2.75, 3.05) is 19.1 Å². The lowest BCUT2D eigenvalue weighted by molar-refractivity contribution is -0.149. The van der Waals surface area contributed by atoms with Gasteiger partial charge in [0, 0.05) is 4.75 Å². The average molecular weight is 307 g/mol. The van der Waals surface area contributed by atoms with Crippen LogP contribution in [0.25, 0.3) is 0 Å². The summed E-state index contributed by atoms with van der Waals surface area (Å²) in [7, 11) is -2.12. The van der Waals surface area contributed by atoms with E-state index in [1.165, 1.54) is 0 Å². The number of hydrogen-bond acceptors (Lipinski definition) is 3. The van der Waals surface area contributed by atoms with Crippen LogP contribution in [0.1, 0.15) is 60.8 Å². The third-order valence-corrected chi connectivity index (χ3v) is 7.10. The molecule has 0 saturated carbocycles. The minimum absolute atomic E-state index is 0.0635. The van der Waals surface area contributed by atoms with E-state index in [2.05, 4.69) is 20.8 Å². The monoisotopic (exact) mass is 306 g/mol. The number of thiol groups is 1. The van der Waals surface area contributed by atoms with Crippen molar-refractivity contribution >= 4 is 15.9 Å². The summed E-state index contributed by atoms with van der Waals surface area (Å²) in [5.41, 5.74) is 0.136. The van der Waals surface area contributed by atoms with Gasteiger partial charge >= 0.3 is 5.97 Å². The Hall–Kier alpha value is -0.380. The molecule has 20 heavy (non-hydrogen) atoms. The van der Waals surface area contributed by atoms with E-state index in [0.29, 0.717) is 6.61 Å². The Morgan fingerprint density at radius 2 is 1.65 bits per heavy atom. The quantitative estimate of drug-likeness (QED) is 0.445. The van der Waals surface area contributed by atoms with Gasteiger partial charge in [0.15, 0.2) is 0 Å². The van der Waals surface area contributed by atoms with E-state index in [1.807, 2.05) is 33.3 Å². The van der Waals surface area contributed by atoms with Gasteiger partial charge in [-0.05, 0) is 37.2 Å². The zero-order valence-corrected chi connectivity index (χ0v) is 15.5. The van der Waals surface area contributed by atoms with Gasteiger partial charge in [-0.3, -0.25) is 9.00 Å². The van der Waals surface area contributed by atoms with Crippen molar-refractivity contribution < 1.29 is 13.7 Å². The van der Waals surface area contributed by atoms with Gasteiger partial charge in [-0.1, -0.05) is 41.5 Å². The fourth-order valence-electron chi connectivity index (χ4n) is 2.09. The smallest absolute Gasteiger partial charge is 0.308 e. The third-order valence-electron chi connectivity index (χ3n) is 3.96. The maximum Gasteiger partial charge on any atom is 0.308 e. The maximum atomic E-state index is 12.1. The minimum Gasteiger partial charge on any atom is -0.465 e. The molecule has 0 spiro atoms. The second-order valence-electron chi connectivity index (χ2n) is 8.10. The summed E-state index contributed by atoms with van der Waals surface area (Å²) in [6.45, 7) is 12.8. The molecule has 0 aliphatic heterocycles. The van der Waals surface area contributed by atoms with Gasteiger partial charge in [0.1, 0.15) is 0 Å². The molecule has 1 unspecified atom stereocenters. The first-order chi connectivity index (χ1) is 8.76. The van der Waals surface area contributed by atoms with Crippen LogP contribution in [0.2, 0.25) is 0 Å². The van der Waals surface area contributed by atoms with E-state index < -0.39 is 9.93 Å². The molecule has 0 aliphatic rings. The Morgan fingerprint density at radius 1 is 1.15 bits per heavy atom. The lowest BCUT2D eigenvalue weighted by atomic mass is 9.85. The molecule has 0 aromatic heterocycles. The molecule has 0 aromatic carbocycles. The molecular weight excluding hydrogens is 272 g/mol. The highest BCUT2D eigenvalue weighted by Crippen LogP contribution is 2.26. The second kappa shape index (κ2) is 7.06. The van der Waals surface area contributed by atoms with Crippen molar-refractivity contribution in [2.24, 2.45) is 11.3 Å². The first-order valence-corrected chi connectivity index (χ1v) is 10.1. The molecule has 0 heterocycles. The topological polar surface area (TPSA) is 43.4 Å². The molecule has 122 valence electrons. The normalized spacial score (nSPS) is 15.8. The van der Waals surface area contributed by atoms with Gasteiger partial charge in [0.05, 0.1) is 12.5 Å². The van der Waals surface area contributed by atoms with Crippen LogP contribution in [0, 0.1) is 11.3 Å². The number of esters is 1. The summed E-state index contributed by atoms with van der Waals surface area (Å²) >= 11 is 0. The Labute approximate surface area is 126 Å². The van der Waals surface area contributed by atoms with Crippen molar-refractivity contribution in [1.82, 2.24) is 0 Å². The molecule has 0 N–H and O–H groups in total. The van der Waals surface area contributed by atoms with Crippen molar-refractivity contribution in [3.05, 3.63) is 0 Å². The SMILES string of the molecule is CC(CC(C)(C)C)C(=O)OCCCC(C)(C)[SH](C)(C)=O. The molecule has 0 rings (SSSR count). The first kappa shape index (κ1) is 19.6. The number of rotatable bonds is 7. The predicted octanol–water partition coefficient (Wildman–Crippen LogP) is 3.44. The van der Waals surface area contributed by atoms with Gasteiger partial charge < -0.3 is 4.74 Å². The molecule has 0 amide bonds. The predicted molar refractivity (Wildman–Crippen MR) is 88.9 cm³/mol. The largest absolute Gasteiger partial charge is 0.465 e. The molecule has 0 fully saturated rings. The molecule has 0 aliphatic carbocycles. The summed E-state index contributed by atoms with van der Waals surface area (Å²) in [5, 5.41) is 0. The third kappa shape index (κ3) is 7.41. The van der Waals surface area contributed by atoms with E-state index in [1.54, 1.807) is 0 Å². The fraction of sp³-hybridized carbons (Fsp3) is 0.938. The highest BCUT2D eigenvalue weighted by atomic mass is 32.2. The molecule has 4 heteroatoms. The molecule has 0 aromatic rings. The number of carbonyl (C=O) groups excluding carboxylic acids is 1. The Kier molecular flexibility index (Phi) is 6.92. The maximum absolute atomic E-state index is 12.1. The zero-order chi connectivity index (χ0) is 16.2. The Balaban J connectivity index is 4.09. The Morgan fingerprint density at radius 3 is 2.05 bits per heavy atom. The van der Waals surface area contributed by atoms with Crippen molar-refractivity contribution in [2.45, 2.75) is 65.6 Å². The standard InChI is InChI=1S/C16H34O3S/c1-13(12-15(2,3)4)14(17)19-11-9-10-16(5,6)20(7,8)18/h13,20H,9-12H2,1-8H3. The van der Waals surface area contributed by atoms with Crippen LogP contribution < -0.4 is 0 Å². The molecule has 3 nitrogen and oxygen atoms in total. The summed E-state index contributed by atoms with van der Waals surface area (Å²) < 4.78 is 17.3. The molecule has 0 radical (unpaired) electrons. The van der Waals surface area contributed by atoms with Crippen molar-refractivity contribution in [3.63, 3.8) is 0 Å². The van der Waals surface area contributed by atoms with Gasteiger partial charge in [0.25, 0.3) is 0 Å². The molecular formula is C16H34O3S. The van der Waals surface area contributed by atoms with Gasteiger partial charge in [-0.25, -0.2) is 0 Å². The summed E-state index contributed by atoms with van der Waals surface area (Å²) in [4.78, 5) is 11.9. The lowest BCUT2D eigenvalue weighted by Gasteiger charge is -2.33. The summed E-state index contributed by atoms with van der Waals surface area (Å²) in [6, 6.07) is 0. The van der Waals surface area contributed by atoms with Crippen molar-refractivity contribution in [3.8, 4) is 0 Å². The van der Waals surface area contributed by atoms with Gasteiger partial charge in [-0.2, -0.15) is 0 Å². The average Bonchev–Trinajstić information content (AvgIpc) is 2.19. The molecule has 1 atom stereocenters. The van der Waals surface area contributed by atoms with Gasteiger partial charge in [-0.15, -0.1) is 9.93 Å². The van der Waals surface area contributed by atoms with E-state index in [9.17, 15) is 9.00 Å². The zero-order valence-electron chi connectivity index (χ0n) is 14.6. The lowest BCUT2D eigenvalue weighted by Crippen LogP contribution is -2.36. The van der Waals surface area contributed by atoms with Crippen LogP contribution in [0.5, 0.6) is 0 Å². The summed E-state index contributed by atoms with van der Waals surface area (Å²) in [5.74, 6) is -0.180. The van der Waals surface area contributed by atoms with E-state index in [0.717, 1.165) is 19.3 Å². The Bertz CT molecular complexity index is 360. The van der Waals surface area contributed by atoms with Crippen LogP contribution in [0.3, 0.4) is 0 Å². The minimum atomic E-state index is -2.12.